The molecule has 0 saturated heterocycles. The number of nitro benzene ring substituents is 1. The normalized spacial score (nSPS) is 31.3. The monoisotopic (exact) mass is 444 g/mol. The zero-order valence-electron chi connectivity index (χ0n) is 19.0. The van der Waals surface area contributed by atoms with Crippen LogP contribution >= 0.6 is 0 Å². The Labute approximate surface area is 193 Å². The van der Waals surface area contributed by atoms with Crippen LogP contribution in [0.25, 0.3) is 0 Å². The lowest BCUT2D eigenvalue weighted by Gasteiger charge is -2.44. The molecule has 2 aromatic carbocycles. The van der Waals surface area contributed by atoms with E-state index in [1.165, 1.54) is 25.3 Å². The van der Waals surface area contributed by atoms with E-state index in [2.05, 4.69) is 24.3 Å². The first-order valence-corrected chi connectivity index (χ1v) is 11.8. The summed E-state index contributed by atoms with van der Waals surface area (Å²) in [6.07, 6.45) is 5.09. The van der Waals surface area contributed by atoms with Crippen molar-refractivity contribution in [2.75, 3.05) is 5.32 Å². The molecule has 6 rings (SSSR count). The van der Waals surface area contributed by atoms with Crippen LogP contribution < -0.4 is 5.32 Å². The highest BCUT2D eigenvalue weighted by Crippen LogP contribution is 2.65. The molecule has 1 spiro atoms. The highest BCUT2D eigenvalue weighted by molar-refractivity contribution is 6.43. The molecule has 0 aromatic heterocycles. The Morgan fingerprint density at radius 2 is 1.91 bits per heavy atom. The van der Waals surface area contributed by atoms with Crippen molar-refractivity contribution >= 4 is 28.5 Å². The number of oxime groups is 1. The summed E-state index contributed by atoms with van der Waals surface area (Å²) in [5, 5.41) is 19.6. The molecule has 1 N–H and O–H groups in total. The number of para-hydroxylation sites is 2. The minimum atomic E-state index is -0.348. The molecule has 4 aliphatic rings. The molecule has 2 fully saturated rings. The number of non-ortho nitro benzene ring substituents is 1. The summed E-state index contributed by atoms with van der Waals surface area (Å²) in [5.41, 5.74) is 4.40. The Balaban J connectivity index is 1.36. The molecule has 33 heavy (non-hydrogen) atoms. The molecule has 2 aromatic rings. The Morgan fingerprint density at radius 3 is 2.70 bits per heavy atom. The van der Waals surface area contributed by atoms with Gasteiger partial charge in [-0.15, -0.1) is 0 Å². The standard InChI is InChI=1S/C26H28N4O3/c1-25(2)17-10-11-18(13-17)26(25)15-24(29-33-26)23-14-22(16-6-5-7-19(12-16)30(31)32)27-20-8-3-4-9-21(20)28-23/h3-9,12,17-18,22,27H,10-11,13-15H2,1-2H3. The van der Waals surface area contributed by atoms with Crippen molar-refractivity contribution in [3.05, 3.63) is 64.2 Å². The zero-order valence-corrected chi connectivity index (χ0v) is 19.0. The lowest BCUT2D eigenvalue weighted by atomic mass is 9.63. The highest BCUT2D eigenvalue weighted by Gasteiger charge is 2.67. The van der Waals surface area contributed by atoms with Gasteiger partial charge in [-0.1, -0.05) is 43.3 Å². The van der Waals surface area contributed by atoms with E-state index in [-0.39, 0.29) is 27.7 Å². The number of hydrogen-bond donors (Lipinski definition) is 1. The average Bonchev–Trinajstić information content (AvgIpc) is 3.48. The number of anilines is 1. The van der Waals surface area contributed by atoms with Gasteiger partial charge in [-0.2, -0.15) is 0 Å². The largest absolute Gasteiger partial charge is 0.388 e. The third kappa shape index (κ3) is 3.01. The van der Waals surface area contributed by atoms with Gasteiger partial charge >= 0.3 is 0 Å². The number of nitrogens with zero attached hydrogens (tertiary/aromatic N) is 3. The quantitative estimate of drug-likeness (QED) is 0.451. The minimum absolute atomic E-state index is 0.0854. The van der Waals surface area contributed by atoms with Crippen molar-refractivity contribution in [3.63, 3.8) is 0 Å². The smallest absolute Gasteiger partial charge is 0.269 e. The number of rotatable bonds is 3. The number of fused-ring (bicyclic) bond motifs is 4. The van der Waals surface area contributed by atoms with Gasteiger partial charge in [0.25, 0.3) is 5.69 Å². The van der Waals surface area contributed by atoms with E-state index >= 15 is 0 Å². The number of aliphatic imine (C=N–C) groups is 1. The van der Waals surface area contributed by atoms with E-state index in [4.69, 9.17) is 9.83 Å². The van der Waals surface area contributed by atoms with Gasteiger partial charge < -0.3 is 10.2 Å². The number of benzene rings is 2. The second kappa shape index (κ2) is 7.14. The molecular weight excluding hydrogens is 416 g/mol. The zero-order chi connectivity index (χ0) is 22.8. The molecule has 7 heteroatoms. The van der Waals surface area contributed by atoms with Crippen molar-refractivity contribution in [2.24, 2.45) is 27.4 Å². The SMILES string of the molecule is CC1(C)C2CCC(C2)C12CC(C1=Nc3ccccc3NC(c3cccc([N+](=O)[O-])c3)C1)=NO2. The second-order valence-electron chi connectivity index (χ2n) is 10.5. The van der Waals surface area contributed by atoms with E-state index in [9.17, 15) is 10.1 Å². The summed E-state index contributed by atoms with van der Waals surface area (Å²) >= 11 is 0. The van der Waals surface area contributed by atoms with Crippen LogP contribution in [0, 0.1) is 27.4 Å². The van der Waals surface area contributed by atoms with Crippen molar-refractivity contribution < 1.29 is 9.76 Å². The van der Waals surface area contributed by atoms with Crippen molar-refractivity contribution in [1.82, 2.24) is 0 Å². The van der Waals surface area contributed by atoms with Gasteiger partial charge in [-0.3, -0.25) is 10.1 Å². The summed E-state index contributed by atoms with van der Waals surface area (Å²) < 4.78 is 0. The average molecular weight is 445 g/mol. The van der Waals surface area contributed by atoms with Gasteiger partial charge in [0.2, 0.25) is 0 Å². The molecule has 2 aliphatic heterocycles. The van der Waals surface area contributed by atoms with Crippen LogP contribution in [-0.2, 0) is 4.84 Å². The van der Waals surface area contributed by atoms with Gasteiger partial charge in [0.1, 0.15) is 5.71 Å². The molecule has 4 atom stereocenters. The molecule has 0 amide bonds. The fraction of sp³-hybridized carbons (Fsp3) is 0.462. The van der Waals surface area contributed by atoms with Gasteiger partial charge in [-0.25, -0.2) is 4.99 Å². The van der Waals surface area contributed by atoms with E-state index in [1.807, 2.05) is 30.3 Å². The first-order valence-electron chi connectivity index (χ1n) is 11.8. The summed E-state index contributed by atoms with van der Waals surface area (Å²) in [5.74, 6) is 1.23. The molecule has 2 bridgehead atoms. The van der Waals surface area contributed by atoms with E-state index < -0.39 is 0 Å². The predicted octanol–water partition coefficient (Wildman–Crippen LogP) is 6.20. The highest BCUT2D eigenvalue weighted by atomic mass is 16.7. The minimum Gasteiger partial charge on any atom is -0.388 e. The van der Waals surface area contributed by atoms with Crippen LogP contribution in [0.2, 0.25) is 0 Å². The van der Waals surface area contributed by atoms with E-state index in [0.717, 1.165) is 34.8 Å². The molecule has 4 unspecified atom stereocenters. The molecule has 170 valence electrons. The first kappa shape index (κ1) is 20.4. The summed E-state index contributed by atoms with van der Waals surface area (Å²) in [7, 11) is 0. The maximum absolute atomic E-state index is 11.4. The molecule has 2 saturated carbocycles. The van der Waals surface area contributed by atoms with Crippen molar-refractivity contribution in [3.8, 4) is 0 Å². The van der Waals surface area contributed by atoms with Crippen LogP contribution in [0.4, 0.5) is 17.1 Å². The Morgan fingerprint density at radius 1 is 1.09 bits per heavy atom. The molecular formula is C26H28N4O3. The molecule has 2 aliphatic carbocycles. The van der Waals surface area contributed by atoms with E-state index in [1.54, 1.807) is 12.1 Å². The van der Waals surface area contributed by atoms with E-state index in [0.29, 0.717) is 18.3 Å². The predicted molar refractivity (Wildman–Crippen MR) is 128 cm³/mol. The lowest BCUT2D eigenvalue weighted by Crippen LogP contribution is -2.49. The third-order valence-corrected chi connectivity index (χ3v) is 8.66. The fourth-order valence-corrected chi connectivity index (χ4v) is 6.66. The summed E-state index contributed by atoms with van der Waals surface area (Å²) in [4.78, 5) is 22.4. The maximum atomic E-state index is 11.4. The lowest BCUT2D eigenvalue weighted by molar-refractivity contribution is -0.384. The topological polar surface area (TPSA) is 89.1 Å². The molecule has 2 heterocycles. The Hall–Kier alpha value is -3.22. The van der Waals surface area contributed by atoms with Crippen molar-refractivity contribution in [2.45, 2.75) is 57.6 Å². The van der Waals surface area contributed by atoms with Crippen LogP contribution in [-0.4, -0.2) is 21.9 Å². The van der Waals surface area contributed by atoms with Gasteiger partial charge in [0.05, 0.1) is 28.1 Å². The van der Waals surface area contributed by atoms with Gasteiger partial charge in [0.15, 0.2) is 5.60 Å². The van der Waals surface area contributed by atoms with Crippen LogP contribution in [0.3, 0.4) is 0 Å². The Kier molecular flexibility index (Phi) is 4.41. The maximum Gasteiger partial charge on any atom is 0.269 e. The van der Waals surface area contributed by atoms with Crippen molar-refractivity contribution in [1.29, 1.82) is 0 Å². The summed E-state index contributed by atoms with van der Waals surface area (Å²) in [6.45, 7) is 4.68. The Bertz CT molecular complexity index is 1200. The second-order valence-corrected chi connectivity index (χ2v) is 10.5. The number of hydrogen-bond acceptors (Lipinski definition) is 6. The van der Waals surface area contributed by atoms with Gasteiger partial charge in [0, 0.05) is 36.3 Å². The van der Waals surface area contributed by atoms with Crippen LogP contribution in [0.15, 0.2) is 58.7 Å². The summed E-state index contributed by atoms with van der Waals surface area (Å²) in [6, 6.07) is 14.6. The van der Waals surface area contributed by atoms with Crippen LogP contribution in [0.1, 0.15) is 57.6 Å². The molecule has 7 nitrogen and oxygen atoms in total. The first-order chi connectivity index (χ1) is 15.9. The van der Waals surface area contributed by atoms with Crippen LogP contribution in [0.5, 0.6) is 0 Å². The number of nitro groups is 1. The molecule has 0 radical (unpaired) electrons. The number of nitrogens with one attached hydrogen (secondary N) is 1. The van der Waals surface area contributed by atoms with Gasteiger partial charge in [-0.05, 0) is 42.9 Å². The fourth-order valence-electron chi connectivity index (χ4n) is 6.66. The third-order valence-electron chi connectivity index (χ3n) is 8.66.